The molecule has 6 nitrogen and oxygen atoms in total. The molecule has 124 valence electrons. The first-order valence-corrected chi connectivity index (χ1v) is 7.81. The van der Waals surface area contributed by atoms with Crippen molar-refractivity contribution in [2.45, 2.75) is 26.8 Å². The van der Waals surface area contributed by atoms with Gasteiger partial charge in [0.1, 0.15) is 11.3 Å². The Morgan fingerprint density at radius 2 is 1.88 bits per heavy atom. The molecule has 0 atom stereocenters. The smallest absolute Gasteiger partial charge is 0.335 e. The summed E-state index contributed by atoms with van der Waals surface area (Å²) in [6.07, 6.45) is 0.784. The molecule has 1 aromatic heterocycles. The molecule has 0 bridgehead atoms. The Hall–Kier alpha value is -2.89. The number of benzene rings is 2. The number of hydrogen-bond donors (Lipinski definition) is 1. The Labute approximate surface area is 139 Å². The van der Waals surface area contributed by atoms with Gasteiger partial charge in [-0.2, -0.15) is 0 Å². The van der Waals surface area contributed by atoms with Crippen LogP contribution in [0, 0.1) is 13.8 Å². The van der Waals surface area contributed by atoms with Gasteiger partial charge in [-0.1, -0.05) is 5.21 Å². The highest BCUT2D eigenvalue weighted by atomic mass is 16.5. The molecule has 1 N–H and O–H groups in total. The van der Waals surface area contributed by atoms with Gasteiger partial charge in [0.2, 0.25) is 0 Å². The van der Waals surface area contributed by atoms with E-state index in [2.05, 4.69) is 36.3 Å². The van der Waals surface area contributed by atoms with Crippen LogP contribution in [0.4, 0.5) is 0 Å². The Bertz CT molecular complexity index is 869. The molecule has 0 saturated heterocycles. The van der Waals surface area contributed by atoms with E-state index in [0.717, 1.165) is 17.5 Å². The number of carboxylic acids is 1. The SMILES string of the molecule is Cc1cc2nnn(CCCOc3ccc(C(=O)O)cc3)c2cc1C. The molecule has 0 aliphatic heterocycles. The number of nitrogens with zero attached hydrogens (tertiary/aromatic N) is 3. The second kappa shape index (κ2) is 6.70. The van der Waals surface area contributed by atoms with Crippen molar-refractivity contribution in [2.24, 2.45) is 0 Å². The van der Waals surface area contributed by atoms with Crippen LogP contribution in [0.25, 0.3) is 11.0 Å². The van der Waals surface area contributed by atoms with Gasteiger partial charge in [0, 0.05) is 13.0 Å². The third-order valence-electron chi connectivity index (χ3n) is 4.01. The van der Waals surface area contributed by atoms with Crippen LogP contribution >= 0.6 is 0 Å². The first kappa shape index (κ1) is 16.0. The van der Waals surface area contributed by atoms with Gasteiger partial charge in [0.15, 0.2) is 0 Å². The van der Waals surface area contributed by atoms with E-state index in [1.165, 1.54) is 23.3 Å². The second-order valence-electron chi connectivity index (χ2n) is 5.77. The average Bonchev–Trinajstić information content (AvgIpc) is 2.94. The molecule has 0 unspecified atom stereocenters. The molecule has 0 amide bonds. The van der Waals surface area contributed by atoms with Crippen LogP contribution in [0.1, 0.15) is 27.9 Å². The normalized spacial score (nSPS) is 10.9. The average molecular weight is 325 g/mol. The predicted octanol–water partition coefficient (Wildman–Crippen LogP) is 3.22. The number of aromatic nitrogens is 3. The number of rotatable bonds is 6. The van der Waals surface area contributed by atoms with Crippen LogP contribution in [0.5, 0.6) is 5.75 Å². The van der Waals surface area contributed by atoms with Crippen LogP contribution in [0.3, 0.4) is 0 Å². The van der Waals surface area contributed by atoms with Crippen molar-refractivity contribution < 1.29 is 14.6 Å². The Morgan fingerprint density at radius 1 is 1.17 bits per heavy atom. The zero-order chi connectivity index (χ0) is 17.1. The number of ether oxygens (including phenoxy) is 1. The van der Waals surface area contributed by atoms with Crippen molar-refractivity contribution in [3.05, 3.63) is 53.1 Å². The van der Waals surface area contributed by atoms with Crippen molar-refractivity contribution >= 4 is 17.0 Å². The topological polar surface area (TPSA) is 77.2 Å². The minimum Gasteiger partial charge on any atom is -0.494 e. The van der Waals surface area contributed by atoms with Crippen molar-refractivity contribution in [1.82, 2.24) is 15.0 Å². The Morgan fingerprint density at radius 3 is 2.58 bits per heavy atom. The van der Waals surface area contributed by atoms with Gasteiger partial charge in [-0.3, -0.25) is 0 Å². The number of hydrogen-bond acceptors (Lipinski definition) is 4. The minimum atomic E-state index is -0.940. The first-order chi connectivity index (χ1) is 11.5. The van der Waals surface area contributed by atoms with Crippen LogP contribution in [0.15, 0.2) is 36.4 Å². The Kier molecular flexibility index (Phi) is 4.46. The molecule has 0 saturated carbocycles. The monoisotopic (exact) mass is 325 g/mol. The van der Waals surface area contributed by atoms with E-state index < -0.39 is 5.97 Å². The lowest BCUT2D eigenvalue weighted by atomic mass is 10.1. The molecular weight excluding hydrogens is 306 g/mol. The zero-order valence-electron chi connectivity index (χ0n) is 13.7. The molecule has 0 radical (unpaired) electrons. The largest absolute Gasteiger partial charge is 0.494 e. The van der Waals surface area contributed by atoms with E-state index in [4.69, 9.17) is 9.84 Å². The molecule has 3 rings (SSSR count). The van der Waals surface area contributed by atoms with Crippen molar-refractivity contribution in [1.29, 1.82) is 0 Å². The van der Waals surface area contributed by atoms with Gasteiger partial charge >= 0.3 is 5.97 Å². The molecule has 2 aromatic carbocycles. The molecule has 6 heteroatoms. The summed E-state index contributed by atoms with van der Waals surface area (Å²) in [4.78, 5) is 10.8. The summed E-state index contributed by atoms with van der Waals surface area (Å²) in [6, 6.07) is 10.6. The van der Waals surface area contributed by atoms with Gasteiger partial charge in [0.25, 0.3) is 0 Å². The fraction of sp³-hybridized carbons (Fsp3) is 0.278. The van der Waals surface area contributed by atoms with E-state index in [-0.39, 0.29) is 5.56 Å². The highest BCUT2D eigenvalue weighted by molar-refractivity contribution is 5.87. The number of carboxylic acid groups (broad SMARTS) is 1. The highest BCUT2D eigenvalue weighted by Gasteiger charge is 2.07. The maximum absolute atomic E-state index is 10.8. The third kappa shape index (κ3) is 3.37. The van der Waals surface area contributed by atoms with E-state index in [1.807, 2.05) is 4.68 Å². The molecule has 3 aromatic rings. The maximum Gasteiger partial charge on any atom is 0.335 e. The molecule has 0 aliphatic carbocycles. The standard InChI is InChI=1S/C18H19N3O3/c1-12-10-16-17(11-13(12)2)21(20-19-16)8-3-9-24-15-6-4-14(5-7-15)18(22)23/h4-7,10-11H,3,8-9H2,1-2H3,(H,22,23). The van der Waals surface area contributed by atoms with Crippen molar-refractivity contribution in [2.75, 3.05) is 6.61 Å². The number of fused-ring (bicyclic) bond motifs is 1. The lowest BCUT2D eigenvalue weighted by molar-refractivity contribution is 0.0697. The third-order valence-corrected chi connectivity index (χ3v) is 4.01. The summed E-state index contributed by atoms with van der Waals surface area (Å²) in [7, 11) is 0. The minimum absolute atomic E-state index is 0.252. The fourth-order valence-corrected chi connectivity index (χ4v) is 2.49. The predicted molar refractivity (Wildman–Crippen MR) is 90.5 cm³/mol. The molecule has 1 heterocycles. The maximum atomic E-state index is 10.8. The molecule has 0 aliphatic rings. The molecule has 24 heavy (non-hydrogen) atoms. The quantitative estimate of drug-likeness (QED) is 0.704. The van der Waals surface area contributed by atoms with E-state index in [0.29, 0.717) is 18.9 Å². The van der Waals surface area contributed by atoms with Gasteiger partial charge in [-0.25, -0.2) is 9.48 Å². The summed E-state index contributed by atoms with van der Waals surface area (Å²) in [5, 5.41) is 17.3. The summed E-state index contributed by atoms with van der Waals surface area (Å²) >= 11 is 0. The van der Waals surface area contributed by atoms with Crippen LogP contribution in [-0.2, 0) is 6.54 Å². The lowest BCUT2D eigenvalue weighted by Crippen LogP contribution is -2.06. The lowest BCUT2D eigenvalue weighted by Gasteiger charge is -2.07. The van der Waals surface area contributed by atoms with Gasteiger partial charge in [0.05, 0.1) is 17.7 Å². The van der Waals surface area contributed by atoms with Crippen molar-refractivity contribution in [3.8, 4) is 5.75 Å². The Balaban J connectivity index is 1.57. The van der Waals surface area contributed by atoms with E-state index >= 15 is 0 Å². The molecule has 0 spiro atoms. The zero-order valence-corrected chi connectivity index (χ0v) is 13.7. The first-order valence-electron chi connectivity index (χ1n) is 7.81. The summed E-state index contributed by atoms with van der Waals surface area (Å²) in [5.41, 5.74) is 4.62. The van der Waals surface area contributed by atoms with Gasteiger partial charge < -0.3 is 9.84 Å². The van der Waals surface area contributed by atoms with Crippen LogP contribution in [-0.4, -0.2) is 32.7 Å². The number of carbonyl (C=O) groups is 1. The summed E-state index contributed by atoms with van der Waals surface area (Å²) < 4.78 is 7.53. The molecular formula is C18H19N3O3. The van der Waals surface area contributed by atoms with E-state index in [1.54, 1.807) is 12.1 Å². The summed E-state index contributed by atoms with van der Waals surface area (Å²) in [6.45, 7) is 5.39. The summed E-state index contributed by atoms with van der Waals surface area (Å²) in [5.74, 6) is -0.278. The van der Waals surface area contributed by atoms with E-state index in [9.17, 15) is 4.79 Å². The van der Waals surface area contributed by atoms with Crippen molar-refractivity contribution in [3.63, 3.8) is 0 Å². The fourth-order valence-electron chi connectivity index (χ4n) is 2.49. The number of aromatic carboxylic acids is 1. The second-order valence-corrected chi connectivity index (χ2v) is 5.77. The number of aryl methyl sites for hydroxylation is 3. The van der Waals surface area contributed by atoms with Crippen LogP contribution in [0.2, 0.25) is 0 Å². The highest BCUT2D eigenvalue weighted by Crippen LogP contribution is 2.17. The van der Waals surface area contributed by atoms with Crippen LogP contribution < -0.4 is 4.74 Å². The van der Waals surface area contributed by atoms with Gasteiger partial charge in [-0.05, 0) is 61.4 Å². The van der Waals surface area contributed by atoms with Gasteiger partial charge in [-0.15, -0.1) is 5.10 Å². The molecule has 0 fully saturated rings.